The molecule has 1 rings (SSSR count). The number of nitrogens with one attached hydrogen (secondary N) is 1. The van der Waals surface area contributed by atoms with Gasteiger partial charge in [-0.25, -0.2) is 4.79 Å². The first-order valence-corrected chi connectivity index (χ1v) is 4.90. The highest BCUT2D eigenvalue weighted by molar-refractivity contribution is 5.80. The van der Waals surface area contributed by atoms with Gasteiger partial charge >= 0.3 is 6.09 Å². The van der Waals surface area contributed by atoms with E-state index in [1.807, 2.05) is 0 Å². The van der Waals surface area contributed by atoms with E-state index in [4.69, 9.17) is 15.9 Å². The predicted octanol–water partition coefficient (Wildman–Crippen LogP) is 0.791. The Labute approximate surface area is 83.7 Å². The zero-order chi connectivity index (χ0) is 10.6. The standard InChI is InChI=1S/C9H17N3O2/c1-2-14-9(13)12-5-3-7(4-6-12)8(10)11/h7H,2-6H2,1H3,(H3,10,11). The Morgan fingerprint density at radius 2 is 2.14 bits per heavy atom. The summed E-state index contributed by atoms with van der Waals surface area (Å²) in [5.74, 6) is 0.370. The van der Waals surface area contributed by atoms with Crippen LogP contribution in [0.2, 0.25) is 0 Å². The predicted molar refractivity (Wildman–Crippen MR) is 53.2 cm³/mol. The van der Waals surface area contributed by atoms with E-state index in [2.05, 4.69) is 0 Å². The van der Waals surface area contributed by atoms with E-state index in [1.54, 1.807) is 11.8 Å². The number of amides is 1. The van der Waals surface area contributed by atoms with Gasteiger partial charge in [0.25, 0.3) is 0 Å². The molecule has 0 aromatic rings. The third-order valence-corrected chi connectivity index (χ3v) is 2.46. The Kier molecular flexibility index (Phi) is 3.73. The molecule has 80 valence electrons. The Bertz CT molecular complexity index is 222. The van der Waals surface area contributed by atoms with Gasteiger partial charge in [-0.15, -0.1) is 0 Å². The lowest BCUT2D eigenvalue weighted by atomic mass is 9.96. The molecule has 1 saturated heterocycles. The van der Waals surface area contributed by atoms with Gasteiger partial charge < -0.3 is 15.4 Å². The fourth-order valence-electron chi connectivity index (χ4n) is 1.59. The molecule has 0 atom stereocenters. The van der Waals surface area contributed by atoms with Crippen LogP contribution in [0.1, 0.15) is 19.8 Å². The molecule has 0 saturated carbocycles. The Hall–Kier alpha value is -1.26. The Morgan fingerprint density at radius 3 is 2.57 bits per heavy atom. The van der Waals surface area contributed by atoms with Crippen LogP contribution in [-0.4, -0.2) is 36.5 Å². The highest BCUT2D eigenvalue weighted by Crippen LogP contribution is 2.17. The lowest BCUT2D eigenvalue weighted by molar-refractivity contribution is 0.0963. The first-order valence-electron chi connectivity index (χ1n) is 4.90. The average molecular weight is 199 g/mol. The van der Waals surface area contributed by atoms with Crippen molar-refractivity contribution in [3.8, 4) is 0 Å². The fraction of sp³-hybridized carbons (Fsp3) is 0.778. The average Bonchev–Trinajstić information content (AvgIpc) is 2.18. The number of ether oxygens (including phenoxy) is 1. The third-order valence-electron chi connectivity index (χ3n) is 2.46. The smallest absolute Gasteiger partial charge is 0.409 e. The number of amidine groups is 1. The highest BCUT2D eigenvalue weighted by Gasteiger charge is 2.24. The number of carbonyl (C=O) groups excluding carboxylic acids is 1. The topological polar surface area (TPSA) is 79.4 Å². The van der Waals surface area contributed by atoms with Crippen LogP contribution < -0.4 is 5.73 Å². The van der Waals surface area contributed by atoms with Crippen LogP contribution >= 0.6 is 0 Å². The molecule has 5 nitrogen and oxygen atoms in total. The van der Waals surface area contributed by atoms with Gasteiger partial charge in [0.2, 0.25) is 0 Å². The second-order valence-electron chi connectivity index (χ2n) is 3.42. The van der Waals surface area contributed by atoms with Gasteiger partial charge in [0.15, 0.2) is 0 Å². The number of hydrogen-bond donors (Lipinski definition) is 2. The Morgan fingerprint density at radius 1 is 1.57 bits per heavy atom. The molecule has 14 heavy (non-hydrogen) atoms. The minimum absolute atomic E-state index is 0.140. The zero-order valence-corrected chi connectivity index (χ0v) is 8.45. The van der Waals surface area contributed by atoms with Gasteiger partial charge in [0, 0.05) is 19.0 Å². The number of rotatable bonds is 2. The monoisotopic (exact) mass is 199 g/mol. The van der Waals surface area contributed by atoms with Gasteiger partial charge in [-0.3, -0.25) is 5.41 Å². The molecule has 0 aliphatic carbocycles. The van der Waals surface area contributed by atoms with Crippen molar-refractivity contribution in [3.05, 3.63) is 0 Å². The van der Waals surface area contributed by atoms with Gasteiger partial charge in [-0.2, -0.15) is 0 Å². The van der Waals surface area contributed by atoms with E-state index < -0.39 is 0 Å². The van der Waals surface area contributed by atoms with Crippen molar-refractivity contribution in [2.75, 3.05) is 19.7 Å². The molecule has 0 bridgehead atoms. The number of nitrogens with zero attached hydrogens (tertiary/aromatic N) is 1. The maximum absolute atomic E-state index is 11.3. The molecular weight excluding hydrogens is 182 g/mol. The molecule has 0 unspecified atom stereocenters. The first kappa shape index (κ1) is 10.8. The number of likely N-dealkylation sites (tertiary alicyclic amines) is 1. The molecule has 1 aliphatic rings. The summed E-state index contributed by atoms with van der Waals surface area (Å²) in [4.78, 5) is 13.0. The van der Waals surface area contributed by atoms with Crippen LogP contribution in [-0.2, 0) is 4.74 Å². The number of carbonyl (C=O) groups is 1. The highest BCUT2D eigenvalue weighted by atomic mass is 16.6. The van der Waals surface area contributed by atoms with Crippen molar-refractivity contribution in [3.63, 3.8) is 0 Å². The molecule has 1 aliphatic heterocycles. The molecule has 0 aromatic heterocycles. The lowest BCUT2D eigenvalue weighted by Gasteiger charge is -2.30. The van der Waals surface area contributed by atoms with E-state index in [-0.39, 0.29) is 17.8 Å². The van der Waals surface area contributed by atoms with Crippen molar-refractivity contribution in [1.82, 2.24) is 4.90 Å². The zero-order valence-electron chi connectivity index (χ0n) is 8.45. The van der Waals surface area contributed by atoms with E-state index in [9.17, 15) is 4.79 Å². The van der Waals surface area contributed by atoms with E-state index in [0.717, 1.165) is 12.8 Å². The van der Waals surface area contributed by atoms with Crippen LogP contribution in [0.15, 0.2) is 0 Å². The number of hydrogen-bond acceptors (Lipinski definition) is 3. The summed E-state index contributed by atoms with van der Waals surface area (Å²) in [6.45, 7) is 3.48. The first-order chi connectivity index (χ1) is 6.65. The molecule has 3 N–H and O–H groups in total. The second kappa shape index (κ2) is 4.83. The molecule has 1 heterocycles. The van der Waals surface area contributed by atoms with Crippen molar-refractivity contribution >= 4 is 11.9 Å². The summed E-state index contributed by atoms with van der Waals surface area (Å²) in [7, 11) is 0. The summed E-state index contributed by atoms with van der Waals surface area (Å²) in [5, 5.41) is 7.29. The summed E-state index contributed by atoms with van der Waals surface area (Å²) in [6.07, 6.45) is 1.29. The van der Waals surface area contributed by atoms with Gasteiger partial charge in [0.1, 0.15) is 0 Å². The van der Waals surface area contributed by atoms with Crippen LogP contribution in [0.25, 0.3) is 0 Å². The van der Waals surface area contributed by atoms with Gasteiger partial charge in [-0.1, -0.05) is 0 Å². The van der Waals surface area contributed by atoms with E-state index in [0.29, 0.717) is 19.7 Å². The molecule has 5 heteroatoms. The van der Waals surface area contributed by atoms with Crippen molar-refractivity contribution in [1.29, 1.82) is 5.41 Å². The Balaban J connectivity index is 2.35. The summed E-state index contributed by atoms with van der Waals surface area (Å²) >= 11 is 0. The van der Waals surface area contributed by atoms with E-state index >= 15 is 0 Å². The van der Waals surface area contributed by atoms with Crippen LogP contribution in [0, 0.1) is 11.3 Å². The lowest BCUT2D eigenvalue weighted by Crippen LogP contribution is -2.41. The third kappa shape index (κ3) is 2.61. The molecule has 0 spiro atoms. The number of nitrogens with two attached hydrogens (primary N) is 1. The van der Waals surface area contributed by atoms with Crippen molar-refractivity contribution < 1.29 is 9.53 Å². The maximum Gasteiger partial charge on any atom is 0.409 e. The molecule has 0 aromatic carbocycles. The minimum Gasteiger partial charge on any atom is -0.450 e. The molecule has 1 fully saturated rings. The summed E-state index contributed by atoms with van der Waals surface area (Å²) in [5.41, 5.74) is 5.40. The quantitative estimate of drug-likeness (QED) is 0.509. The summed E-state index contributed by atoms with van der Waals surface area (Å²) < 4.78 is 4.88. The largest absolute Gasteiger partial charge is 0.450 e. The van der Waals surface area contributed by atoms with Crippen molar-refractivity contribution in [2.24, 2.45) is 11.7 Å². The molecule has 1 amide bonds. The second-order valence-corrected chi connectivity index (χ2v) is 3.42. The van der Waals surface area contributed by atoms with Crippen LogP contribution in [0.5, 0.6) is 0 Å². The molecular formula is C9H17N3O2. The minimum atomic E-state index is -0.255. The van der Waals surface area contributed by atoms with Crippen LogP contribution in [0.4, 0.5) is 4.79 Å². The number of piperidine rings is 1. The fourth-order valence-corrected chi connectivity index (χ4v) is 1.59. The van der Waals surface area contributed by atoms with Crippen LogP contribution in [0.3, 0.4) is 0 Å². The van der Waals surface area contributed by atoms with Crippen molar-refractivity contribution in [2.45, 2.75) is 19.8 Å². The van der Waals surface area contributed by atoms with E-state index in [1.165, 1.54) is 0 Å². The maximum atomic E-state index is 11.3. The SMILES string of the molecule is CCOC(=O)N1CCC(C(=N)N)CC1. The van der Waals surface area contributed by atoms with Gasteiger partial charge in [0.05, 0.1) is 12.4 Å². The summed E-state index contributed by atoms with van der Waals surface area (Å²) in [6, 6.07) is 0. The molecule has 0 radical (unpaired) electrons. The van der Waals surface area contributed by atoms with Gasteiger partial charge in [-0.05, 0) is 19.8 Å². The normalized spacial score (nSPS) is 17.9.